The van der Waals surface area contributed by atoms with Gasteiger partial charge in [0, 0.05) is 17.2 Å². The fraction of sp³-hybridized carbons (Fsp3) is 0.300. The Morgan fingerprint density at radius 2 is 2.20 bits per heavy atom. The zero-order valence-corrected chi connectivity index (χ0v) is 9.78. The molecule has 0 unspecified atom stereocenters. The number of ketones is 1. The van der Waals surface area contributed by atoms with Crippen molar-refractivity contribution in [1.82, 2.24) is 0 Å². The highest BCUT2D eigenvalue weighted by Crippen LogP contribution is 2.21. The maximum atomic E-state index is 11.3. The molecule has 0 aliphatic heterocycles. The molecule has 4 nitrogen and oxygen atoms in total. The molecule has 0 bridgehead atoms. The Balaban J connectivity index is 3.22. The predicted molar refractivity (Wildman–Crippen MR) is 60.6 cm³/mol. The van der Waals surface area contributed by atoms with Crippen LogP contribution in [0.2, 0.25) is 0 Å². The molecule has 0 saturated carbocycles. The van der Waals surface area contributed by atoms with Crippen LogP contribution >= 0.6 is 15.9 Å². The summed E-state index contributed by atoms with van der Waals surface area (Å²) in [7, 11) is 0. The van der Waals surface area contributed by atoms with E-state index in [1.54, 1.807) is 12.1 Å². The number of Topliss-reactive ketones (excluding diaryl/α,β-unsaturated/α-hetero) is 1. The molecule has 0 aromatic heterocycles. The van der Waals surface area contributed by atoms with E-state index >= 15 is 0 Å². The number of alkyl halides is 1. The van der Waals surface area contributed by atoms with Gasteiger partial charge in [-0.15, -0.1) is 0 Å². The molecule has 0 radical (unpaired) electrons. The summed E-state index contributed by atoms with van der Waals surface area (Å²) in [5, 5.41) is 10.9. The first kappa shape index (κ1) is 11.8. The monoisotopic (exact) mass is 271 g/mol. The van der Waals surface area contributed by atoms with Gasteiger partial charge in [-0.1, -0.05) is 35.0 Å². The van der Waals surface area contributed by atoms with Crippen molar-refractivity contribution in [2.75, 3.05) is 5.33 Å². The Morgan fingerprint density at radius 1 is 1.53 bits per heavy atom. The van der Waals surface area contributed by atoms with Gasteiger partial charge in [-0.05, 0) is 6.42 Å². The summed E-state index contributed by atoms with van der Waals surface area (Å²) in [5.41, 5.74) is 1.03. The number of carbonyl (C=O) groups is 1. The van der Waals surface area contributed by atoms with Gasteiger partial charge in [0.05, 0.1) is 10.3 Å². The van der Waals surface area contributed by atoms with Crippen molar-refractivity contribution in [1.29, 1.82) is 0 Å². The molecular weight excluding hydrogens is 262 g/mol. The Morgan fingerprint density at radius 3 is 2.67 bits per heavy atom. The van der Waals surface area contributed by atoms with E-state index in [2.05, 4.69) is 15.9 Å². The van der Waals surface area contributed by atoms with Crippen LogP contribution in [0.15, 0.2) is 18.2 Å². The summed E-state index contributed by atoms with van der Waals surface area (Å²) in [6.45, 7) is 1.84. The van der Waals surface area contributed by atoms with Gasteiger partial charge in [0.2, 0.25) is 0 Å². The number of nitro groups is 1. The van der Waals surface area contributed by atoms with Crippen molar-refractivity contribution in [2.24, 2.45) is 0 Å². The number of hydrogen-bond acceptors (Lipinski definition) is 3. The average Bonchev–Trinajstić information content (AvgIpc) is 2.27. The Bertz CT molecular complexity index is 404. The molecule has 0 saturated heterocycles. The van der Waals surface area contributed by atoms with Gasteiger partial charge in [-0.2, -0.15) is 0 Å². The molecule has 0 aliphatic rings. The highest BCUT2D eigenvalue weighted by atomic mass is 79.9. The first-order valence-electron chi connectivity index (χ1n) is 4.46. The molecule has 0 heterocycles. The van der Waals surface area contributed by atoms with E-state index in [-0.39, 0.29) is 16.8 Å². The first-order chi connectivity index (χ1) is 7.10. The Hall–Kier alpha value is -1.23. The smallest absolute Gasteiger partial charge is 0.273 e. The van der Waals surface area contributed by atoms with Gasteiger partial charge in [0.25, 0.3) is 5.69 Å². The third kappa shape index (κ3) is 2.62. The van der Waals surface area contributed by atoms with Crippen LogP contribution in [0.25, 0.3) is 0 Å². The maximum absolute atomic E-state index is 11.3. The van der Waals surface area contributed by atoms with Crippen LogP contribution in [-0.4, -0.2) is 16.0 Å². The van der Waals surface area contributed by atoms with E-state index in [4.69, 9.17) is 0 Å². The third-order valence-corrected chi connectivity index (χ3v) is 2.62. The van der Waals surface area contributed by atoms with Crippen LogP contribution < -0.4 is 0 Å². The van der Waals surface area contributed by atoms with E-state index in [9.17, 15) is 14.9 Å². The third-order valence-electron chi connectivity index (χ3n) is 2.11. The largest absolute Gasteiger partial charge is 0.293 e. The predicted octanol–water partition coefficient (Wildman–Crippen LogP) is 2.73. The van der Waals surface area contributed by atoms with Gasteiger partial charge >= 0.3 is 0 Å². The minimum absolute atomic E-state index is 0.0179. The fourth-order valence-corrected chi connectivity index (χ4v) is 1.61. The van der Waals surface area contributed by atoms with Crippen LogP contribution in [0.4, 0.5) is 5.69 Å². The van der Waals surface area contributed by atoms with Gasteiger partial charge in [-0.3, -0.25) is 14.9 Å². The number of hydrogen-bond donors (Lipinski definition) is 0. The van der Waals surface area contributed by atoms with E-state index in [0.29, 0.717) is 17.5 Å². The summed E-state index contributed by atoms with van der Waals surface area (Å²) in [6.07, 6.45) is 0.582. The second kappa shape index (κ2) is 5.02. The highest BCUT2D eigenvalue weighted by molar-refractivity contribution is 9.09. The number of nitrogens with zero attached hydrogens (tertiary/aromatic N) is 1. The number of aryl methyl sites for hydroxylation is 1. The standard InChI is InChI=1S/C10H10BrNO3/c1-2-7-3-4-8(10(13)6-11)5-9(7)12(14)15/h3-5H,2,6H2,1H3. The Kier molecular flexibility index (Phi) is 3.96. The number of nitro benzene ring substituents is 1. The van der Waals surface area contributed by atoms with Crippen LogP contribution in [0, 0.1) is 10.1 Å². The summed E-state index contributed by atoms with van der Waals surface area (Å²) < 4.78 is 0. The van der Waals surface area contributed by atoms with E-state index in [1.807, 2.05) is 6.92 Å². The van der Waals surface area contributed by atoms with E-state index in [0.717, 1.165) is 0 Å². The van der Waals surface area contributed by atoms with E-state index < -0.39 is 4.92 Å². The molecule has 15 heavy (non-hydrogen) atoms. The van der Waals surface area contributed by atoms with Crippen LogP contribution in [-0.2, 0) is 6.42 Å². The lowest BCUT2D eigenvalue weighted by Crippen LogP contribution is -2.02. The average molecular weight is 272 g/mol. The van der Waals surface area contributed by atoms with Crippen molar-refractivity contribution in [2.45, 2.75) is 13.3 Å². The minimum atomic E-state index is -0.455. The molecule has 0 aliphatic carbocycles. The molecule has 80 valence electrons. The van der Waals surface area contributed by atoms with Crippen molar-refractivity contribution in [3.8, 4) is 0 Å². The number of rotatable bonds is 4. The van der Waals surface area contributed by atoms with Crippen molar-refractivity contribution in [3.05, 3.63) is 39.4 Å². The van der Waals surface area contributed by atoms with Crippen LogP contribution in [0.3, 0.4) is 0 Å². The number of benzene rings is 1. The molecule has 0 amide bonds. The lowest BCUT2D eigenvalue weighted by molar-refractivity contribution is -0.385. The van der Waals surface area contributed by atoms with Crippen molar-refractivity contribution >= 4 is 27.4 Å². The quantitative estimate of drug-likeness (QED) is 0.366. The van der Waals surface area contributed by atoms with Crippen molar-refractivity contribution < 1.29 is 9.72 Å². The zero-order valence-electron chi connectivity index (χ0n) is 8.20. The maximum Gasteiger partial charge on any atom is 0.273 e. The molecule has 1 aromatic rings. The van der Waals surface area contributed by atoms with Gasteiger partial charge in [0.15, 0.2) is 5.78 Å². The summed E-state index contributed by atoms with van der Waals surface area (Å²) in [5.74, 6) is -0.152. The molecule has 5 heteroatoms. The van der Waals surface area contributed by atoms with Crippen molar-refractivity contribution in [3.63, 3.8) is 0 Å². The first-order valence-corrected chi connectivity index (χ1v) is 5.58. The minimum Gasteiger partial charge on any atom is -0.293 e. The lowest BCUT2D eigenvalue weighted by atomic mass is 10.1. The van der Waals surface area contributed by atoms with Gasteiger partial charge < -0.3 is 0 Å². The normalized spacial score (nSPS) is 10.0. The topological polar surface area (TPSA) is 60.2 Å². The Labute approximate surface area is 95.6 Å². The number of halogens is 1. The zero-order chi connectivity index (χ0) is 11.4. The molecule has 0 N–H and O–H groups in total. The van der Waals surface area contributed by atoms with Crippen LogP contribution in [0.5, 0.6) is 0 Å². The molecule has 1 rings (SSSR count). The summed E-state index contributed by atoms with van der Waals surface area (Å²) in [6, 6.07) is 4.59. The summed E-state index contributed by atoms with van der Waals surface area (Å²) >= 11 is 3.03. The van der Waals surface area contributed by atoms with Gasteiger partial charge in [-0.25, -0.2) is 0 Å². The molecule has 0 atom stereocenters. The fourth-order valence-electron chi connectivity index (χ4n) is 1.28. The SMILES string of the molecule is CCc1ccc(C(=O)CBr)cc1[N+](=O)[O-]. The summed E-state index contributed by atoms with van der Waals surface area (Å²) in [4.78, 5) is 21.6. The van der Waals surface area contributed by atoms with E-state index in [1.165, 1.54) is 6.07 Å². The number of carbonyl (C=O) groups excluding carboxylic acids is 1. The highest BCUT2D eigenvalue weighted by Gasteiger charge is 2.15. The second-order valence-corrected chi connectivity index (χ2v) is 3.57. The van der Waals surface area contributed by atoms with Crippen LogP contribution in [0.1, 0.15) is 22.8 Å². The molecular formula is C10H10BrNO3. The molecule has 0 spiro atoms. The molecule has 1 aromatic carbocycles. The molecule has 0 fully saturated rings. The van der Waals surface area contributed by atoms with Gasteiger partial charge in [0.1, 0.15) is 0 Å². The lowest BCUT2D eigenvalue weighted by Gasteiger charge is -2.02. The second-order valence-electron chi connectivity index (χ2n) is 3.01.